The van der Waals surface area contributed by atoms with E-state index in [9.17, 15) is 9.18 Å². The normalized spacial score (nSPS) is 13.0. The Bertz CT molecular complexity index is 1340. The summed E-state index contributed by atoms with van der Waals surface area (Å²) in [5.41, 5.74) is 5.29. The fourth-order valence-electron chi connectivity index (χ4n) is 4.36. The first-order chi connectivity index (χ1) is 14.6. The minimum atomic E-state index is -0.420. The van der Waals surface area contributed by atoms with E-state index >= 15 is 0 Å². The maximum Gasteiger partial charge on any atom is 0.255 e. The summed E-state index contributed by atoms with van der Waals surface area (Å²) in [6.07, 6.45) is 2.70. The molecule has 7 heteroatoms. The third-order valence-electron chi connectivity index (χ3n) is 5.95. The van der Waals surface area contributed by atoms with Gasteiger partial charge in [0.05, 0.1) is 18.3 Å². The van der Waals surface area contributed by atoms with E-state index in [0.29, 0.717) is 16.9 Å². The van der Waals surface area contributed by atoms with E-state index in [-0.39, 0.29) is 18.0 Å². The summed E-state index contributed by atoms with van der Waals surface area (Å²) in [7, 11) is 3.57. The molecular weight excluding hydrogens is 417 g/mol. The van der Waals surface area contributed by atoms with E-state index < -0.39 is 5.82 Å². The number of pyridine rings is 1. The van der Waals surface area contributed by atoms with Crippen LogP contribution in [-0.4, -0.2) is 22.8 Å². The molecule has 0 saturated carbocycles. The van der Waals surface area contributed by atoms with Gasteiger partial charge >= 0.3 is 0 Å². The van der Waals surface area contributed by atoms with Crippen LogP contribution in [0.25, 0.3) is 27.7 Å². The van der Waals surface area contributed by atoms with Gasteiger partial charge < -0.3 is 14.6 Å². The van der Waals surface area contributed by atoms with Gasteiger partial charge in [-0.05, 0) is 41.5 Å². The molecular formula is C24H23ClFN3O2. The second-order valence-electron chi connectivity index (χ2n) is 7.58. The zero-order chi connectivity index (χ0) is 20.8. The van der Waals surface area contributed by atoms with Crippen LogP contribution >= 0.6 is 12.4 Å². The minimum absolute atomic E-state index is 0. The Balaban J connectivity index is 0.00000231. The summed E-state index contributed by atoms with van der Waals surface area (Å²) >= 11 is 0. The predicted octanol–water partition coefficient (Wildman–Crippen LogP) is 4.21. The van der Waals surface area contributed by atoms with E-state index in [0.717, 1.165) is 30.7 Å². The Morgan fingerprint density at radius 3 is 2.68 bits per heavy atom. The van der Waals surface area contributed by atoms with Gasteiger partial charge in [0.25, 0.3) is 5.56 Å². The average molecular weight is 440 g/mol. The topological polar surface area (TPSA) is 48.2 Å². The maximum atomic E-state index is 14.4. The van der Waals surface area contributed by atoms with E-state index in [1.807, 2.05) is 12.1 Å². The fourth-order valence-corrected chi connectivity index (χ4v) is 4.36. The van der Waals surface area contributed by atoms with Crippen LogP contribution in [0.1, 0.15) is 11.3 Å². The standard InChI is InChI=1S/C24H22FN3O2.ClH/c1-27-22-7-9-26-14-20(22)19-5-3-16(12-23(19)27)28-10-8-15(11-24(28)29)18-6-4-17(30-2)13-21(18)25;/h3-6,8,10-13,26H,7,9,14H2,1-2H3;1H. The fraction of sp³-hybridized carbons (Fsp3) is 0.208. The lowest BCUT2D eigenvalue weighted by atomic mass is 10.1. The maximum absolute atomic E-state index is 14.4. The van der Waals surface area contributed by atoms with E-state index in [1.54, 1.807) is 29.0 Å². The van der Waals surface area contributed by atoms with Crippen molar-refractivity contribution in [2.24, 2.45) is 7.05 Å². The second-order valence-corrected chi connectivity index (χ2v) is 7.58. The number of benzene rings is 2. The zero-order valence-corrected chi connectivity index (χ0v) is 18.1. The third kappa shape index (κ3) is 3.52. The molecule has 0 spiro atoms. The molecule has 160 valence electrons. The lowest BCUT2D eigenvalue weighted by Crippen LogP contribution is -2.24. The monoisotopic (exact) mass is 439 g/mol. The van der Waals surface area contributed by atoms with E-state index in [1.165, 1.54) is 35.9 Å². The van der Waals surface area contributed by atoms with Gasteiger partial charge in [-0.15, -0.1) is 12.4 Å². The van der Waals surface area contributed by atoms with Gasteiger partial charge in [-0.3, -0.25) is 9.36 Å². The summed E-state index contributed by atoms with van der Waals surface area (Å²) in [5, 5.41) is 4.64. The molecule has 0 saturated heterocycles. The zero-order valence-electron chi connectivity index (χ0n) is 17.3. The van der Waals surface area contributed by atoms with Crippen molar-refractivity contribution in [3.8, 4) is 22.6 Å². The predicted molar refractivity (Wildman–Crippen MR) is 123 cm³/mol. The molecule has 0 radical (unpaired) electrons. The molecule has 1 aliphatic rings. The summed E-state index contributed by atoms with van der Waals surface area (Å²) in [6.45, 7) is 1.85. The quantitative estimate of drug-likeness (QED) is 0.520. The van der Waals surface area contributed by atoms with Crippen LogP contribution in [0.5, 0.6) is 5.75 Å². The first-order valence-electron chi connectivity index (χ1n) is 9.94. The highest BCUT2D eigenvalue weighted by molar-refractivity contribution is 5.87. The molecule has 5 rings (SSSR count). The van der Waals surface area contributed by atoms with Gasteiger partial charge in [0.15, 0.2) is 0 Å². The van der Waals surface area contributed by atoms with Gasteiger partial charge in [-0.1, -0.05) is 6.07 Å². The van der Waals surface area contributed by atoms with Gasteiger partial charge in [0.2, 0.25) is 0 Å². The molecule has 1 N–H and O–H groups in total. The first kappa shape index (κ1) is 21.2. The number of fused-ring (bicyclic) bond motifs is 3. The van der Waals surface area contributed by atoms with Crippen molar-refractivity contribution in [2.75, 3.05) is 13.7 Å². The first-order valence-corrected chi connectivity index (χ1v) is 9.94. The Labute approximate surface area is 185 Å². The van der Waals surface area contributed by atoms with Crippen LogP contribution in [0.2, 0.25) is 0 Å². The molecule has 2 aromatic heterocycles. The highest BCUT2D eigenvalue weighted by atomic mass is 35.5. The van der Waals surface area contributed by atoms with Gasteiger partial charge in [0, 0.05) is 61.5 Å². The molecule has 31 heavy (non-hydrogen) atoms. The number of aromatic nitrogens is 2. The van der Waals surface area contributed by atoms with Crippen LogP contribution in [-0.2, 0) is 20.0 Å². The van der Waals surface area contributed by atoms with Crippen LogP contribution in [0.4, 0.5) is 4.39 Å². The third-order valence-corrected chi connectivity index (χ3v) is 5.95. The number of halogens is 2. The molecule has 2 aromatic carbocycles. The van der Waals surface area contributed by atoms with Gasteiger partial charge in [-0.2, -0.15) is 0 Å². The van der Waals surface area contributed by atoms with Crippen molar-refractivity contribution in [2.45, 2.75) is 13.0 Å². The largest absolute Gasteiger partial charge is 0.497 e. The van der Waals surface area contributed by atoms with Crippen molar-refractivity contribution >= 4 is 23.3 Å². The highest BCUT2D eigenvalue weighted by Gasteiger charge is 2.18. The number of rotatable bonds is 3. The Morgan fingerprint density at radius 1 is 1.10 bits per heavy atom. The molecule has 5 nitrogen and oxygen atoms in total. The number of nitrogens with one attached hydrogen (secondary N) is 1. The molecule has 0 fully saturated rings. The molecule has 4 aromatic rings. The van der Waals surface area contributed by atoms with Crippen molar-refractivity contribution in [1.82, 2.24) is 14.5 Å². The summed E-state index contributed by atoms with van der Waals surface area (Å²) in [5.74, 6) is 0.0225. The van der Waals surface area contributed by atoms with Crippen LogP contribution < -0.4 is 15.6 Å². The molecule has 0 amide bonds. The van der Waals surface area contributed by atoms with Crippen LogP contribution in [0, 0.1) is 5.82 Å². The minimum Gasteiger partial charge on any atom is -0.497 e. The molecule has 3 heterocycles. The average Bonchev–Trinajstić information content (AvgIpc) is 3.05. The van der Waals surface area contributed by atoms with Gasteiger partial charge in [-0.25, -0.2) is 4.39 Å². The smallest absolute Gasteiger partial charge is 0.255 e. The lowest BCUT2D eigenvalue weighted by molar-refractivity contribution is 0.411. The van der Waals surface area contributed by atoms with E-state index in [4.69, 9.17) is 4.74 Å². The lowest BCUT2D eigenvalue weighted by Gasteiger charge is -2.14. The second kappa shape index (κ2) is 8.21. The number of hydrogen-bond donors (Lipinski definition) is 1. The van der Waals surface area contributed by atoms with Crippen molar-refractivity contribution < 1.29 is 9.13 Å². The van der Waals surface area contributed by atoms with Crippen LogP contribution in [0.3, 0.4) is 0 Å². The van der Waals surface area contributed by atoms with Crippen molar-refractivity contribution in [3.63, 3.8) is 0 Å². The summed E-state index contributed by atoms with van der Waals surface area (Å²) in [4.78, 5) is 12.9. The number of ether oxygens (including phenoxy) is 1. The summed E-state index contributed by atoms with van der Waals surface area (Å²) < 4.78 is 23.3. The van der Waals surface area contributed by atoms with Crippen molar-refractivity contribution in [1.29, 1.82) is 0 Å². The molecule has 1 aliphatic heterocycles. The molecule has 0 bridgehead atoms. The van der Waals surface area contributed by atoms with Crippen molar-refractivity contribution in [3.05, 3.63) is 82.2 Å². The number of aryl methyl sites for hydroxylation is 1. The number of methoxy groups -OCH3 is 1. The SMILES string of the molecule is COc1ccc(-c2ccn(-c3ccc4c5c(n(C)c4c3)CCNC5)c(=O)c2)c(F)c1.Cl. The molecule has 0 aliphatic carbocycles. The van der Waals surface area contributed by atoms with Crippen LogP contribution in [0.15, 0.2) is 59.5 Å². The summed E-state index contributed by atoms with van der Waals surface area (Å²) in [6, 6.07) is 14.0. The Kier molecular flexibility index (Phi) is 5.60. The van der Waals surface area contributed by atoms with Gasteiger partial charge in [0.1, 0.15) is 11.6 Å². The highest BCUT2D eigenvalue weighted by Crippen LogP contribution is 2.30. The Hall–Kier alpha value is -3.09. The molecule has 0 atom stereocenters. The number of nitrogens with zero attached hydrogens (tertiary/aromatic N) is 2. The Morgan fingerprint density at radius 2 is 1.94 bits per heavy atom. The van der Waals surface area contributed by atoms with E-state index in [2.05, 4.69) is 23.0 Å². The molecule has 0 unspecified atom stereocenters. The number of hydrogen-bond acceptors (Lipinski definition) is 3.